The van der Waals surface area contributed by atoms with E-state index in [0.29, 0.717) is 10.0 Å². The van der Waals surface area contributed by atoms with Gasteiger partial charge in [-0.25, -0.2) is 0 Å². The summed E-state index contributed by atoms with van der Waals surface area (Å²) in [7, 11) is 0. The lowest BCUT2D eigenvalue weighted by atomic mass is 10.0. The molecule has 0 aliphatic heterocycles. The summed E-state index contributed by atoms with van der Waals surface area (Å²) in [6.07, 6.45) is 1.96. The van der Waals surface area contributed by atoms with E-state index in [1.54, 1.807) is 11.8 Å². The van der Waals surface area contributed by atoms with Crippen LogP contribution in [0.4, 0.5) is 0 Å². The topological polar surface area (TPSA) is 32.3 Å². The molecule has 0 aromatic heterocycles. The van der Waals surface area contributed by atoms with Gasteiger partial charge in [0, 0.05) is 10.4 Å². The minimum absolute atomic E-state index is 0.148. The lowest BCUT2D eigenvalue weighted by Crippen LogP contribution is -2.46. The quantitative estimate of drug-likeness (QED) is 0.703. The van der Waals surface area contributed by atoms with Gasteiger partial charge in [0.25, 0.3) is 0 Å². The van der Waals surface area contributed by atoms with Crippen molar-refractivity contribution < 1.29 is 5.11 Å². The van der Waals surface area contributed by atoms with E-state index >= 15 is 0 Å². The molecule has 5 heteroatoms. The standard InChI is InChI=1S/C14H21Cl2NOS/c1-3-7-17-14(2,10-18)6-8-19-11-4-5-12(15)13(16)9-11/h4-5,9,17-18H,3,6-8,10H2,1-2H3. The summed E-state index contributed by atoms with van der Waals surface area (Å²) in [5, 5.41) is 14.0. The molecule has 0 spiro atoms. The maximum atomic E-state index is 9.48. The lowest BCUT2D eigenvalue weighted by Gasteiger charge is -2.28. The molecule has 1 aromatic rings. The Kier molecular flexibility index (Phi) is 7.55. The first-order valence-electron chi connectivity index (χ1n) is 6.44. The zero-order valence-corrected chi connectivity index (χ0v) is 13.7. The van der Waals surface area contributed by atoms with Crippen LogP contribution in [-0.2, 0) is 0 Å². The molecule has 19 heavy (non-hydrogen) atoms. The summed E-state index contributed by atoms with van der Waals surface area (Å²) in [5.41, 5.74) is -0.209. The molecule has 0 saturated heterocycles. The minimum Gasteiger partial charge on any atom is -0.394 e. The third-order valence-electron chi connectivity index (χ3n) is 2.96. The molecule has 0 amide bonds. The second-order valence-corrected chi connectivity index (χ2v) is 6.80. The van der Waals surface area contributed by atoms with Crippen LogP contribution in [0.25, 0.3) is 0 Å². The molecule has 0 aliphatic carbocycles. The molecular formula is C14H21Cl2NOS. The number of halogens is 2. The largest absolute Gasteiger partial charge is 0.394 e. The second-order valence-electron chi connectivity index (χ2n) is 4.82. The molecule has 1 atom stereocenters. The smallest absolute Gasteiger partial charge is 0.0610 e. The van der Waals surface area contributed by atoms with Crippen molar-refractivity contribution in [2.24, 2.45) is 0 Å². The van der Waals surface area contributed by atoms with Gasteiger partial charge in [-0.15, -0.1) is 11.8 Å². The van der Waals surface area contributed by atoms with Gasteiger partial charge in [0.05, 0.1) is 16.7 Å². The van der Waals surface area contributed by atoms with Gasteiger partial charge in [0.2, 0.25) is 0 Å². The van der Waals surface area contributed by atoms with E-state index < -0.39 is 0 Å². The van der Waals surface area contributed by atoms with Gasteiger partial charge >= 0.3 is 0 Å². The van der Waals surface area contributed by atoms with Crippen LogP contribution in [0.5, 0.6) is 0 Å². The fraction of sp³-hybridized carbons (Fsp3) is 0.571. The number of hydrogen-bond acceptors (Lipinski definition) is 3. The lowest BCUT2D eigenvalue weighted by molar-refractivity contribution is 0.171. The third-order valence-corrected chi connectivity index (χ3v) is 4.70. The van der Waals surface area contributed by atoms with E-state index in [1.165, 1.54) is 0 Å². The number of benzene rings is 1. The van der Waals surface area contributed by atoms with Crippen LogP contribution < -0.4 is 5.32 Å². The van der Waals surface area contributed by atoms with E-state index in [0.717, 1.165) is 30.0 Å². The Morgan fingerprint density at radius 1 is 1.32 bits per heavy atom. The number of thioether (sulfide) groups is 1. The molecule has 2 N–H and O–H groups in total. The number of aliphatic hydroxyl groups excluding tert-OH is 1. The van der Waals surface area contributed by atoms with E-state index in [1.807, 2.05) is 18.2 Å². The number of nitrogens with one attached hydrogen (secondary N) is 1. The number of hydrogen-bond donors (Lipinski definition) is 2. The van der Waals surface area contributed by atoms with Gasteiger partial charge in [0.15, 0.2) is 0 Å². The average Bonchev–Trinajstić information content (AvgIpc) is 2.40. The molecule has 2 nitrogen and oxygen atoms in total. The Morgan fingerprint density at radius 2 is 2.05 bits per heavy atom. The Balaban J connectivity index is 2.45. The minimum atomic E-state index is -0.209. The van der Waals surface area contributed by atoms with Crippen LogP contribution >= 0.6 is 35.0 Å². The van der Waals surface area contributed by atoms with Crippen molar-refractivity contribution in [3.05, 3.63) is 28.2 Å². The first-order valence-corrected chi connectivity index (χ1v) is 8.18. The zero-order chi connectivity index (χ0) is 14.3. The summed E-state index contributed by atoms with van der Waals surface area (Å²) in [6, 6.07) is 5.66. The molecule has 0 aliphatic rings. The van der Waals surface area contributed by atoms with Crippen molar-refractivity contribution in [2.45, 2.75) is 37.1 Å². The highest BCUT2D eigenvalue weighted by atomic mass is 35.5. The molecule has 1 aromatic carbocycles. The van der Waals surface area contributed by atoms with Crippen molar-refractivity contribution in [3.8, 4) is 0 Å². The van der Waals surface area contributed by atoms with Crippen molar-refractivity contribution in [1.82, 2.24) is 5.32 Å². The van der Waals surface area contributed by atoms with Crippen LogP contribution in [0.3, 0.4) is 0 Å². The predicted molar refractivity (Wildman–Crippen MR) is 85.6 cm³/mol. The fourth-order valence-corrected chi connectivity index (χ4v) is 3.13. The normalized spacial score (nSPS) is 14.4. The molecule has 0 heterocycles. The van der Waals surface area contributed by atoms with E-state index in [-0.39, 0.29) is 12.1 Å². The van der Waals surface area contributed by atoms with Gasteiger partial charge < -0.3 is 10.4 Å². The van der Waals surface area contributed by atoms with Gasteiger partial charge in [-0.2, -0.15) is 0 Å². The Hall–Kier alpha value is 0.0700. The molecule has 0 bridgehead atoms. The van der Waals surface area contributed by atoms with Crippen LogP contribution in [0.15, 0.2) is 23.1 Å². The van der Waals surface area contributed by atoms with Gasteiger partial charge in [-0.05, 0) is 50.3 Å². The first-order chi connectivity index (χ1) is 9.00. The molecule has 1 unspecified atom stereocenters. The molecule has 1 rings (SSSR count). The average molecular weight is 322 g/mol. The highest BCUT2D eigenvalue weighted by Crippen LogP contribution is 2.29. The highest BCUT2D eigenvalue weighted by Gasteiger charge is 2.21. The highest BCUT2D eigenvalue weighted by molar-refractivity contribution is 7.99. The van der Waals surface area contributed by atoms with Crippen LogP contribution in [0.1, 0.15) is 26.7 Å². The Bertz CT molecular complexity index is 403. The van der Waals surface area contributed by atoms with Crippen molar-refractivity contribution >= 4 is 35.0 Å². The van der Waals surface area contributed by atoms with Crippen molar-refractivity contribution in [2.75, 3.05) is 18.9 Å². The Labute approximate surface area is 129 Å². The van der Waals surface area contributed by atoms with Crippen LogP contribution in [-0.4, -0.2) is 29.5 Å². The zero-order valence-electron chi connectivity index (χ0n) is 11.4. The third kappa shape index (κ3) is 5.92. The SMILES string of the molecule is CCCNC(C)(CO)CCSc1ccc(Cl)c(Cl)c1. The second kappa shape index (κ2) is 8.38. The number of aliphatic hydroxyl groups is 1. The van der Waals surface area contributed by atoms with E-state index in [9.17, 15) is 5.11 Å². The molecular weight excluding hydrogens is 301 g/mol. The summed E-state index contributed by atoms with van der Waals surface area (Å²) >= 11 is 13.6. The van der Waals surface area contributed by atoms with Crippen LogP contribution in [0.2, 0.25) is 10.0 Å². The monoisotopic (exact) mass is 321 g/mol. The number of rotatable bonds is 8. The van der Waals surface area contributed by atoms with E-state index in [4.69, 9.17) is 23.2 Å². The maximum Gasteiger partial charge on any atom is 0.0610 e. The summed E-state index contributed by atoms with van der Waals surface area (Å²) < 4.78 is 0. The van der Waals surface area contributed by atoms with Gasteiger partial charge in [-0.1, -0.05) is 30.1 Å². The van der Waals surface area contributed by atoms with Crippen LogP contribution in [0, 0.1) is 0 Å². The molecule has 108 valence electrons. The predicted octanol–water partition coefficient (Wildman–Crippen LogP) is 4.23. The van der Waals surface area contributed by atoms with E-state index in [2.05, 4.69) is 19.2 Å². The van der Waals surface area contributed by atoms with Gasteiger partial charge in [-0.3, -0.25) is 0 Å². The van der Waals surface area contributed by atoms with Crippen molar-refractivity contribution in [1.29, 1.82) is 0 Å². The molecule has 0 saturated carbocycles. The molecule has 0 fully saturated rings. The Morgan fingerprint density at radius 3 is 2.63 bits per heavy atom. The van der Waals surface area contributed by atoms with Crippen molar-refractivity contribution in [3.63, 3.8) is 0 Å². The fourth-order valence-electron chi connectivity index (χ4n) is 1.61. The maximum absolute atomic E-state index is 9.48. The van der Waals surface area contributed by atoms with Gasteiger partial charge in [0.1, 0.15) is 0 Å². The first kappa shape index (κ1) is 17.1. The summed E-state index contributed by atoms with van der Waals surface area (Å²) in [5.74, 6) is 0.922. The molecule has 0 radical (unpaired) electrons. The summed E-state index contributed by atoms with van der Waals surface area (Å²) in [6.45, 7) is 5.25. The summed E-state index contributed by atoms with van der Waals surface area (Å²) in [4.78, 5) is 1.10.